The molecule has 0 unspecified atom stereocenters. The molecule has 0 aliphatic carbocycles. The van der Waals surface area contributed by atoms with E-state index in [1.165, 1.54) is 24.3 Å². The molecule has 8 nitrogen and oxygen atoms in total. The van der Waals surface area contributed by atoms with E-state index in [9.17, 15) is 23.1 Å². The summed E-state index contributed by atoms with van der Waals surface area (Å²) < 4.78 is 26.6. The maximum atomic E-state index is 12.7. The summed E-state index contributed by atoms with van der Waals surface area (Å²) in [4.78, 5) is 23.8. The Labute approximate surface area is 163 Å². The second-order valence-electron chi connectivity index (χ2n) is 6.39. The van der Waals surface area contributed by atoms with Crippen molar-refractivity contribution in [2.75, 3.05) is 26.2 Å². The first kappa shape index (κ1) is 19.8. The molecule has 0 aromatic heterocycles. The maximum absolute atomic E-state index is 12.7. The van der Waals surface area contributed by atoms with Gasteiger partial charge in [0.05, 0.1) is 11.4 Å². The Morgan fingerprint density at radius 1 is 1.18 bits per heavy atom. The molecule has 2 amide bonds. The number of piperazine rings is 1. The van der Waals surface area contributed by atoms with Crippen molar-refractivity contribution >= 4 is 21.8 Å². The van der Waals surface area contributed by atoms with Crippen molar-refractivity contribution in [2.45, 2.75) is 11.3 Å². The molecule has 148 valence electrons. The van der Waals surface area contributed by atoms with Crippen LogP contribution in [0.3, 0.4) is 0 Å². The van der Waals surface area contributed by atoms with Crippen LogP contribution >= 0.6 is 0 Å². The lowest BCUT2D eigenvalue weighted by Crippen LogP contribution is -2.49. The molecule has 9 heteroatoms. The highest BCUT2D eigenvalue weighted by molar-refractivity contribution is 7.89. The van der Waals surface area contributed by atoms with Gasteiger partial charge in [0.15, 0.2) is 0 Å². The van der Waals surface area contributed by atoms with Crippen LogP contribution in [-0.4, -0.2) is 55.8 Å². The minimum Gasteiger partial charge on any atom is -0.508 e. The molecule has 1 aliphatic heterocycles. The van der Waals surface area contributed by atoms with E-state index in [2.05, 4.69) is 10.6 Å². The first-order valence-corrected chi connectivity index (χ1v) is 10.2. The van der Waals surface area contributed by atoms with Crippen LogP contribution in [0.2, 0.25) is 0 Å². The number of sulfonamides is 1. The number of carbonyl (C=O) groups is 2. The molecule has 2 aromatic carbocycles. The highest BCUT2D eigenvalue weighted by Crippen LogP contribution is 2.18. The third kappa shape index (κ3) is 4.68. The predicted octanol–water partition coefficient (Wildman–Crippen LogP) is 0.485. The lowest BCUT2D eigenvalue weighted by Gasteiger charge is -2.26. The second-order valence-corrected chi connectivity index (χ2v) is 8.33. The van der Waals surface area contributed by atoms with Gasteiger partial charge in [0, 0.05) is 25.2 Å². The normalized spacial score (nSPS) is 15.1. The summed E-state index contributed by atoms with van der Waals surface area (Å²) in [5.41, 5.74) is 1.10. The summed E-state index contributed by atoms with van der Waals surface area (Å²) in [5, 5.41) is 14.8. The number of phenols is 1. The number of phenolic OH excluding ortho intramolecular Hbond substituents is 1. The summed E-state index contributed by atoms with van der Waals surface area (Å²) in [5.74, 6) is -0.586. The van der Waals surface area contributed by atoms with Crippen molar-refractivity contribution in [2.24, 2.45) is 0 Å². The van der Waals surface area contributed by atoms with E-state index in [-0.39, 0.29) is 41.7 Å². The SMILES string of the molecule is O=C1CN(S(=O)(=O)c2cccc(C(=O)NCCc3cccc(O)c3)c2)CCN1. The quantitative estimate of drug-likeness (QED) is 0.649. The van der Waals surface area contributed by atoms with E-state index in [1.807, 2.05) is 6.07 Å². The molecule has 3 rings (SSSR count). The fourth-order valence-corrected chi connectivity index (χ4v) is 4.35. The van der Waals surface area contributed by atoms with Crippen LogP contribution in [0.25, 0.3) is 0 Å². The largest absolute Gasteiger partial charge is 0.508 e. The molecule has 0 spiro atoms. The van der Waals surface area contributed by atoms with E-state index < -0.39 is 15.9 Å². The highest BCUT2D eigenvalue weighted by Gasteiger charge is 2.29. The third-order valence-electron chi connectivity index (χ3n) is 4.35. The molecule has 28 heavy (non-hydrogen) atoms. The number of hydrogen-bond donors (Lipinski definition) is 3. The minimum absolute atomic E-state index is 0.0252. The fourth-order valence-electron chi connectivity index (χ4n) is 2.90. The average Bonchev–Trinajstić information content (AvgIpc) is 2.68. The standard InChI is InChI=1S/C19H21N3O5S/c23-16-5-1-3-14(11-16)7-8-21-19(25)15-4-2-6-17(12-15)28(26,27)22-10-9-20-18(24)13-22/h1-6,11-12,23H,7-10,13H2,(H,20,24)(H,21,25). The summed E-state index contributed by atoms with van der Waals surface area (Å²) in [6.07, 6.45) is 0.529. The van der Waals surface area contributed by atoms with Crippen molar-refractivity contribution in [1.29, 1.82) is 0 Å². The Morgan fingerprint density at radius 2 is 1.96 bits per heavy atom. The summed E-state index contributed by atoms with van der Waals surface area (Å²) in [6.45, 7) is 0.552. The first-order chi connectivity index (χ1) is 13.4. The van der Waals surface area contributed by atoms with Gasteiger partial charge in [-0.2, -0.15) is 4.31 Å². The molecule has 1 heterocycles. The van der Waals surface area contributed by atoms with Crippen LogP contribution in [-0.2, 0) is 21.2 Å². The van der Waals surface area contributed by atoms with Gasteiger partial charge in [-0.05, 0) is 42.3 Å². The van der Waals surface area contributed by atoms with Gasteiger partial charge in [0.25, 0.3) is 5.91 Å². The third-order valence-corrected chi connectivity index (χ3v) is 6.19. The Kier molecular flexibility index (Phi) is 5.96. The Morgan fingerprint density at radius 3 is 2.71 bits per heavy atom. The molecule has 1 aliphatic rings. The molecule has 0 bridgehead atoms. The molecule has 1 fully saturated rings. The zero-order chi connectivity index (χ0) is 20.1. The zero-order valence-corrected chi connectivity index (χ0v) is 15.9. The van der Waals surface area contributed by atoms with Gasteiger partial charge in [0.2, 0.25) is 15.9 Å². The van der Waals surface area contributed by atoms with Crippen molar-refractivity contribution in [3.63, 3.8) is 0 Å². The molecule has 1 saturated heterocycles. The zero-order valence-electron chi connectivity index (χ0n) is 15.1. The number of nitrogens with zero attached hydrogens (tertiary/aromatic N) is 1. The van der Waals surface area contributed by atoms with Gasteiger partial charge in [0.1, 0.15) is 5.75 Å². The van der Waals surface area contributed by atoms with Crippen molar-refractivity contribution < 1.29 is 23.1 Å². The molecule has 0 saturated carbocycles. The van der Waals surface area contributed by atoms with Crippen molar-refractivity contribution in [3.8, 4) is 5.75 Å². The van der Waals surface area contributed by atoms with Crippen LogP contribution < -0.4 is 10.6 Å². The van der Waals surface area contributed by atoms with E-state index in [4.69, 9.17) is 0 Å². The minimum atomic E-state index is -3.85. The number of benzene rings is 2. The second kappa shape index (κ2) is 8.41. The van der Waals surface area contributed by atoms with Gasteiger partial charge in [-0.15, -0.1) is 0 Å². The van der Waals surface area contributed by atoms with Crippen molar-refractivity contribution in [1.82, 2.24) is 14.9 Å². The number of rotatable bonds is 6. The van der Waals surface area contributed by atoms with Crippen LogP contribution in [0, 0.1) is 0 Å². The predicted molar refractivity (Wildman–Crippen MR) is 102 cm³/mol. The molecular formula is C19H21N3O5S. The molecule has 2 aromatic rings. The van der Waals surface area contributed by atoms with Crippen LogP contribution in [0.1, 0.15) is 15.9 Å². The number of nitrogens with one attached hydrogen (secondary N) is 2. The van der Waals surface area contributed by atoms with Crippen molar-refractivity contribution in [3.05, 3.63) is 59.7 Å². The maximum Gasteiger partial charge on any atom is 0.251 e. The van der Waals surface area contributed by atoms with Gasteiger partial charge in [-0.3, -0.25) is 9.59 Å². The van der Waals surface area contributed by atoms with E-state index in [0.29, 0.717) is 13.0 Å². The van der Waals surface area contributed by atoms with Crippen LogP contribution in [0.5, 0.6) is 5.75 Å². The number of carbonyl (C=O) groups excluding carboxylic acids is 2. The van der Waals surface area contributed by atoms with Crippen LogP contribution in [0.4, 0.5) is 0 Å². The van der Waals surface area contributed by atoms with Gasteiger partial charge in [-0.1, -0.05) is 18.2 Å². The molecular weight excluding hydrogens is 382 g/mol. The smallest absolute Gasteiger partial charge is 0.251 e. The summed E-state index contributed by atoms with van der Waals surface area (Å²) >= 11 is 0. The first-order valence-electron chi connectivity index (χ1n) is 8.79. The van der Waals surface area contributed by atoms with Gasteiger partial charge >= 0.3 is 0 Å². The Hall–Kier alpha value is -2.91. The molecule has 3 N–H and O–H groups in total. The Balaban J connectivity index is 1.66. The summed E-state index contributed by atoms with van der Waals surface area (Å²) in [6, 6.07) is 12.5. The van der Waals surface area contributed by atoms with Crippen LogP contribution in [0.15, 0.2) is 53.4 Å². The monoisotopic (exact) mass is 403 g/mol. The van der Waals surface area contributed by atoms with Gasteiger partial charge < -0.3 is 15.7 Å². The lowest BCUT2D eigenvalue weighted by atomic mass is 10.1. The van der Waals surface area contributed by atoms with E-state index in [1.54, 1.807) is 18.2 Å². The molecule has 0 radical (unpaired) electrons. The van der Waals surface area contributed by atoms with E-state index in [0.717, 1.165) is 9.87 Å². The Bertz CT molecular complexity index is 991. The number of aromatic hydroxyl groups is 1. The van der Waals surface area contributed by atoms with Gasteiger partial charge in [-0.25, -0.2) is 8.42 Å². The average molecular weight is 403 g/mol. The molecule has 0 atom stereocenters. The topological polar surface area (TPSA) is 116 Å². The lowest BCUT2D eigenvalue weighted by molar-refractivity contribution is -0.122. The number of amides is 2. The van der Waals surface area contributed by atoms with E-state index >= 15 is 0 Å². The summed E-state index contributed by atoms with van der Waals surface area (Å²) in [7, 11) is -3.85. The fraction of sp³-hybridized carbons (Fsp3) is 0.263. The highest BCUT2D eigenvalue weighted by atomic mass is 32.2. The number of hydrogen-bond acceptors (Lipinski definition) is 5.